The molecular formula is C20H17ClN2O2. The number of hydrogen-bond donors (Lipinski definition) is 0. The van der Waals surface area contributed by atoms with Crippen LogP contribution >= 0.6 is 11.6 Å². The normalized spacial score (nSPS) is 13.6. The molecule has 3 aromatic rings. The standard InChI is InChI=1S/C20H17ClN2O2/c1-13-4-2-3-5-16(13)20(24)23-11-10-17-18(12-23)22-25-19(17)14-6-8-15(21)9-7-14/h2-9H,10-12H2,1H3. The third kappa shape index (κ3) is 2.94. The molecule has 2 aromatic carbocycles. The zero-order valence-electron chi connectivity index (χ0n) is 13.8. The number of halogens is 1. The number of fused-ring (bicyclic) bond motifs is 1. The fraction of sp³-hybridized carbons (Fsp3) is 0.200. The molecule has 0 unspecified atom stereocenters. The van der Waals surface area contributed by atoms with E-state index in [1.165, 1.54) is 0 Å². The minimum Gasteiger partial charge on any atom is -0.356 e. The summed E-state index contributed by atoms with van der Waals surface area (Å²) in [5, 5.41) is 4.89. The van der Waals surface area contributed by atoms with E-state index in [1.807, 2.05) is 60.4 Å². The lowest BCUT2D eigenvalue weighted by molar-refractivity contribution is 0.0731. The molecule has 25 heavy (non-hydrogen) atoms. The van der Waals surface area contributed by atoms with Crippen LogP contribution in [0.5, 0.6) is 0 Å². The largest absolute Gasteiger partial charge is 0.356 e. The molecule has 0 atom stereocenters. The molecule has 4 rings (SSSR count). The number of carbonyl (C=O) groups is 1. The Bertz CT molecular complexity index is 931. The summed E-state index contributed by atoms with van der Waals surface area (Å²) >= 11 is 5.95. The molecule has 0 spiro atoms. The summed E-state index contributed by atoms with van der Waals surface area (Å²) in [5.41, 5.74) is 4.60. The van der Waals surface area contributed by atoms with Crippen LogP contribution in [0.2, 0.25) is 5.02 Å². The fourth-order valence-corrected chi connectivity index (χ4v) is 3.34. The Labute approximate surface area is 151 Å². The monoisotopic (exact) mass is 352 g/mol. The molecule has 1 aliphatic rings. The van der Waals surface area contributed by atoms with E-state index < -0.39 is 0 Å². The van der Waals surface area contributed by atoms with E-state index in [2.05, 4.69) is 5.16 Å². The molecule has 5 heteroatoms. The second kappa shape index (κ2) is 6.37. The lowest BCUT2D eigenvalue weighted by atomic mass is 9.99. The summed E-state index contributed by atoms with van der Waals surface area (Å²) < 4.78 is 5.57. The molecule has 1 amide bonds. The number of hydrogen-bond acceptors (Lipinski definition) is 3. The molecule has 0 saturated heterocycles. The van der Waals surface area contributed by atoms with Crippen LogP contribution in [-0.2, 0) is 13.0 Å². The van der Waals surface area contributed by atoms with Gasteiger partial charge in [-0.2, -0.15) is 0 Å². The van der Waals surface area contributed by atoms with Crippen LogP contribution in [0.15, 0.2) is 53.1 Å². The van der Waals surface area contributed by atoms with Crippen LogP contribution in [0.1, 0.15) is 27.2 Å². The molecule has 0 aliphatic carbocycles. The second-order valence-corrected chi connectivity index (χ2v) is 6.67. The molecule has 0 saturated carbocycles. The van der Waals surface area contributed by atoms with Crippen molar-refractivity contribution in [2.24, 2.45) is 0 Å². The highest BCUT2D eigenvalue weighted by molar-refractivity contribution is 6.30. The minimum atomic E-state index is 0.0415. The van der Waals surface area contributed by atoms with Gasteiger partial charge in [0.05, 0.1) is 6.54 Å². The maximum Gasteiger partial charge on any atom is 0.254 e. The molecule has 1 aromatic heterocycles. The average molecular weight is 353 g/mol. The summed E-state index contributed by atoms with van der Waals surface area (Å²) in [6.07, 6.45) is 0.731. The van der Waals surface area contributed by atoms with Crippen LogP contribution in [0.25, 0.3) is 11.3 Å². The summed E-state index contributed by atoms with van der Waals surface area (Å²) in [7, 11) is 0. The first-order valence-corrected chi connectivity index (χ1v) is 8.59. The van der Waals surface area contributed by atoms with Gasteiger partial charge >= 0.3 is 0 Å². The Hall–Kier alpha value is -2.59. The van der Waals surface area contributed by atoms with Crippen LogP contribution in [0.3, 0.4) is 0 Å². The minimum absolute atomic E-state index is 0.0415. The molecule has 0 fully saturated rings. The third-order valence-electron chi connectivity index (χ3n) is 4.61. The highest BCUT2D eigenvalue weighted by atomic mass is 35.5. The van der Waals surface area contributed by atoms with Gasteiger partial charge in [0.25, 0.3) is 5.91 Å². The van der Waals surface area contributed by atoms with Crippen molar-refractivity contribution in [3.05, 3.63) is 75.9 Å². The van der Waals surface area contributed by atoms with Gasteiger partial charge in [-0.25, -0.2) is 0 Å². The van der Waals surface area contributed by atoms with Crippen molar-refractivity contribution in [1.29, 1.82) is 0 Å². The van der Waals surface area contributed by atoms with Gasteiger partial charge in [-0.1, -0.05) is 35.0 Å². The quantitative estimate of drug-likeness (QED) is 0.682. The Kier molecular flexibility index (Phi) is 4.06. The number of aryl methyl sites for hydroxylation is 1. The van der Waals surface area contributed by atoms with E-state index in [1.54, 1.807) is 0 Å². The smallest absolute Gasteiger partial charge is 0.254 e. The van der Waals surface area contributed by atoms with Crippen molar-refractivity contribution in [2.45, 2.75) is 19.9 Å². The lowest BCUT2D eigenvalue weighted by Crippen LogP contribution is -2.36. The molecule has 0 bridgehead atoms. The zero-order chi connectivity index (χ0) is 17.4. The highest BCUT2D eigenvalue weighted by Gasteiger charge is 2.28. The maximum atomic E-state index is 12.8. The van der Waals surface area contributed by atoms with Crippen molar-refractivity contribution >= 4 is 17.5 Å². The second-order valence-electron chi connectivity index (χ2n) is 6.24. The Morgan fingerprint density at radius 1 is 1.16 bits per heavy atom. The molecule has 4 nitrogen and oxygen atoms in total. The summed E-state index contributed by atoms with van der Waals surface area (Å²) in [6.45, 7) is 3.08. The predicted molar refractivity (Wildman–Crippen MR) is 96.6 cm³/mol. The number of rotatable bonds is 2. The maximum absolute atomic E-state index is 12.8. The van der Waals surface area contributed by atoms with Gasteiger partial charge in [-0.15, -0.1) is 0 Å². The van der Waals surface area contributed by atoms with E-state index in [0.717, 1.165) is 40.1 Å². The van der Waals surface area contributed by atoms with Crippen molar-refractivity contribution in [1.82, 2.24) is 10.1 Å². The topological polar surface area (TPSA) is 46.3 Å². The van der Waals surface area contributed by atoms with E-state index >= 15 is 0 Å². The molecule has 126 valence electrons. The number of nitrogens with zero attached hydrogens (tertiary/aromatic N) is 2. The SMILES string of the molecule is Cc1ccccc1C(=O)N1CCc2c(noc2-c2ccc(Cl)cc2)C1. The van der Waals surface area contributed by atoms with Gasteiger partial charge in [0, 0.05) is 28.3 Å². The predicted octanol–water partition coefficient (Wildman–Crippen LogP) is 4.50. The van der Waals surface area contributed by atoms with Crippen LogP contribution in [0, 0.1) is 6.92 Å². The molecule has 1 aliphatic heterocycles. The summed E-state index contributed by atoms with van der Waals surface area (Å²) in [4.78, 5) is 14.6. The number of benzene rings is 2. The van der Waals surface area contributed by atoms with Crippen LogP contribution in [0.4, 0.5) is 0 Å². The van der Waals surface area contributed by atoms with Crippen molar-refractivity contribution < 1.29 is 9.32 Å². The van der Waals surface area contributed by atoms with Gasteiger partial charge < -0.3 is 9.42 Å². The van der Waals surface area contributed by atoms with E-state index in [4.69, 9.17) is 16.1 Å². The highest BCUT2D eigenvalue weighted by Crippen LogP contribution is 2.31. The third-order valence-corrected chi connectivity index (χ3v) is 4.86. The lowest BCUT2D eigenvalue weighted by Gasteiger charge is -2.26. The van der Waals surface area contributed by atoms with Crippen molar-refractivity contribution in [3.8, 4) is 11.3 Å². The van der Waals surface area contributed by atoms with Gasteiger partial charge in [0.1, 0.15) is 5.69 Å². The number of carbonyl (C=O) groups excluding carboxylic acids is 1. The van der Waals surface area contributed by atoms with Crippen LogP contribution in [-0.4, -0.2) is 22.5 Å². The Balaban J connectivity index is 1.60. The van der Waals surface area contributed by atoms with E-state index in [0.29, 0.717) is 18.1 Å². The molecule has 0 radical (unpaired) electrons. The Morgan fingerprint density at radius 2 is 1.92 bits per heavy atom. The van der Waals surface area contributed by atoms with E-state index in [-0.39, 0.29) is 5.91 Å². The molecule has 2 heterocycles. The van der Waals surface area contributed by atoms with Gasteiger partial charge in [-0.05, 0) is 49.2 Å². The van der Waals surface area contributed by atoms with Crippen molar-refractivity contribution in [2.75, 3.05) is 6.54 Å². The number of aromatic nitrogens is 1. The fourth-order valence-electron chi connectivity index (χ4n) is 3.22. The van der Waals surface area contributed by atoms with Gasteiger partial charge in [-0.3, -0.25) is 4.79 Å². The van der Waals surface area contributed by atoms with Crippen LogP contribution < -0.4 is 0 Å². The van der Waals surface area contributed by atoms with Gasteiger partial charge in [0.15, 0.2) is 5.76 Å². The zero-order valence-corrected chi connectivity index (χ0v) is 14.6. The first-order valence-electron chi connectivity index (χ1n) is 8.22. The van der Waals surface area contributed by atoms with Gasteiger partial charge in [0.2, 0.25) is 0 Å². The molecule has 0 N–H and O–H groups in total. The first kappa shape index (κ1) is 15.9. The van der Waals surface area contributed by atoms with Crippen molar-refractivity contribution in [3.63, 3.8) is 0 Å². The van der Waals surface area contributed by atoms with E-state index in [9.17, 15) is 4.79 Å². The average Bonchev–Trinajstić information content (AvgIpc) is 3.05. The Morgan fingerprint density at radius 3 is 2.68 bits per heavy atom. The summed E-state index contributed by atoms with van der Waals surface area (Å²) in [5.74, 6) is 0.814. The molecular weight excluding hydrogens is 336 g/mol. The summed E-state index contributed by atoms with van der Waals surface area (Å²) in [6, 6.07) is 15.2. The first-order chi connectivity index (χ1) is 12.1. The number of amides is 1.